The highest BCUT2D eigenvalue weighted by Gasteiger charge is 2.30. The number of carbonyl (C=O) groups excluding carboxylic acids is 2. The molecule has 5 nitrogen and oxygen atoms in total. The molecule has 0 bridgehead atoms. The fourth-order valence-electron chi connectivity index (χ4n) is 3.55. The number of carbonyl (C=O) groups is 2. The number of rotatable bonds is 5. The van der Waals surface area contributed by atoms with E-state index >= 15 is 0 Å². The molecule has 1 saturated heterocycles. The fourth-order valence-corrected chi connectivity index (χ4v) is 3.55. The van der Waals surface area contributed by atoms with Gasteiger partial charge in [-0.05, 0) is 71.7 Å². The highest BCUT2D eigenvalue weighted by Crippen LogP contribution is 2.24. The van der Waals surface area contributed by atoms with Crippen LogP contribution in [0.25, 0.3) is 0 Å². The van der Waals surface area contributed by atoms with Crippen molar-refractivity contribution >= 4 is 17.6 Å². The molecule has 0 radical (unpaired) electrons. The molecular weight excluding hydrogens is 316 g/mol. The number of benzene rings is 1. The highest BCUT2D eigenvalue weighted by molar-refractivity contribution is 5.96. The second-order valence-electron chi connectivity index (χ2n) is 7.00. The number of piperidine rings is 1. The van der Waals surface area contributed by atoms with E-state index in [9.17, 15) is 9.59 Å². The molecular formula is C20H30N2O3. The predicted molar refractivity (Wildman–Crippen MR) is 99.7 cm³/mol. The number of nitrogens with one attached hydrogen (secondary N) is 1. The van der Waals surface area contributed by atoms with Crippen molar-refractivity contribution in [2.75, 3.05) is 25.0 Å². The van der Waals surface area contributed by atoms with Gasteiger partial charge in [0.05, 0.1) is 18.6 Å². The number of nitrogens with zero attached hydrogens (tertiary/aromatic N) is 1. The van der Waals surface area contributed by atoms with Crippen LogP contribution in [0.1, 0.15) is 43.4 Å². The van der Waals surface area contributed by atoms with E-state index in [0.29, 0.717) is 6.61 Å². The lowest BCUT2D eigenvalue weighted by Gasteiger charge is -2.34. The van der Waals surface area contributed by atoms with Crippen molar-refractivity contribution in [3.63, 3.8) is 0 Å². The van der Waals surface area contributed by atoms with Gasteiger partial charge in [0.2, 0.25) is 5.91 Å². The summed E-state index contributed by atoms with van der Waals surface area (Å²) in [7, 11) is 0. The van der Waals surface area contributed by atoms with Crippen LogP contribution in [-0.4, -0.2) is 42.5 Å². The first-order valence-electron chi connectivity index (χ1n) is 9.12. The first-order chi connectivity index (χ1) is 11.8. The van der Waals surface area contributed by atoms with Crippen LogP contribution in [0.4, 0.5) is 5.69 Å². The Morgan fingerprint density at radius 1 is 1.20 bits per heavy atom. The van der Waals surface area contributed by atoms with Crippen LogP contribution >= 0.6 is 0 Å². The SMILES string of the molecule is CCOC(=O)C1CCN([C@H](C)C(=O)Nc2c(C)cc(C)cc2C)CC1. The van der Waals surface area contributed by atoms with Gasteiger partial charge in [-0.25, -0.2) is 0 Å². The maximum atomic E-state index is 12.7. The van der Waals surface area contributed by atoms with Gasteiger partial charge in [-0.15, -0.1) is 0 Å². The average molecular weight is 346 g/mol. The number of amides is 1. The van der Waals surface area contributed by atoms with Crippen molar-refractivity contribution in [3.05, 3.63) is 28.8 Å². The number of esters is 1. The first kappa shape index (κ1) is 19.4. The van der Waals surface area contributed by atoms with Gasteiger partial charge < -0.3 is 10.1 Å². The molecule has 25 heavy (non-hydrogen) atoms. The standard InChI is InChI=1S/C20H30N2O3/c1-6-25-20(24)17-7-9-22(10-8-17)16(5)19(23)21-18-14(3)11-13(2)12-15(18)4/h11-12,16-17H,6-10H2,1-5H3,(H,21,23)/t16-/m1/s1. The van der Waals surface area contributed by atoms with Crippen LogP contribution in [0.2, 0.25) is 0 Å². The molecule has 0 unspecified atom stereocenters. The summed E-state index contributed by atoms with van der Waals surface area (Å²) < 4.78 is 5.10. The van der Waals surface area contributed by atoms with Gasteiger partial charge in [0.25, 0.3) is 0 Å². The van der Waals surface area contributed by atoms with Crippen molar-refractivity contribution in [1.82, 2.24) is 4.90 Å². The molecule has 1 aromatic rings. The number of anilines is 1. The Hall–Kier alpha value is -1.88. The summed E-state index contributed by atoms with van der Waals surface area (Å²) >= 11 is 0. The summed E-state index contributed by atoms with van der Waals surface area (Å²) in [5, 5.41) is 3.08. The minimum atomic E-state index is -0.219. The Bertz CT molecular complexity index is 611. The van der Waals surface area contributed by atoms with Gasteiger partial charge in [-0.1, -0.05) is 17.7 Å². The molecule has 1 atom stereocenters. The molecule has 1 aliphatic heterocycles. The zero-order valence-corrected chi connectivity index (χ0v) is 16.0. The van der Waals surface area contributed by atoms with Crippen LogP contribution < -0.4 is 5.32 Å². The molecule has 1 fully saturated rings. The van der Waals surface area contributed by atoms with Crippen molar-refractivity contribution in [2.24, 2.45) is 5.92 Å². The van der Waals surface area contributed by atoms with E-state index in [1.54, 1.807) is 0 Å². The largest absolute Gasteiger partial charge is 0.466 e. The normalized spacial score (nSPS) is 17.2. The third kappa shape index (κ3) is 4.82. The topological polar surface area (TPSA) is 58.6 Å². The average Bonchev–Trinajstić information content (AvgIpc) is 2.57. The summed E-state index contributed by atoms with van der Waals surface area (Å²) in [5.74, 6) is -0.136. The fraction of sp³-hybridized carbons (Fsp3) is 0.600. The predicted octanol–water partition coefficient (Wildman–Crippen LogP) is 3.21. The van der Waals surface area contributed by atoms with Crippen molar-refractivity contribution in [2.45, 2.75) is 53.5 Å². The van der Waals surface area contributed by atoms with E-state index < -0.39 is 0 Å². The number of ether oxygens (including phenoxy) is 1. The van der Waals surface area contributed by atoms with Crippen molar-refractivity contribution in [1.29, 1.82) is 0 Å². The maximum Gasteiger partial charge on any atom is 0.309 e. The summed E-state index contributed by atoms with van der Waals surface area (Å²) in [4.78, 5) is 26.6. The number of aryl methyl sites for hydroxylation is 3. The summed E-state index contributed by atoms with van der Waals surface area (Å²) in [6, 6.07) is 3.94. The molecule has 1 aromatic carbocycles. The lowest BCUT2D eigenvalue weighted by Crippen LogP contribution is -2.47. The van der Waals surface area contributed by atoms with Crippen LogP contribution in [0, 0.1) is 26.7 Å². The Kier molecular flexibility index (Phi) is 6.59. The molecule has 1 amide bonds. The smallest absolute Gasteiger partial charge is 0.309 e. The van der Waals surface area contributed by atoms with Crippen LogP contribution in [0.5, 0.6) is 0 Å². The van der Waals surface area contributed by atoms with E-state index in [2.05, 4.69) is 29.3 Å². The van der Waals surface area contributed by atoms with Gasteiger partial charge in [0.1, 0.15) is 0 Å². The molecule has 0 spiro atoms. The third-order valence-corrected chi connectivity index (χ3v) is 5.00. The molecule has 0 aliphatic carbocycles. The summed E-state index contributed by atoms with van der Waals surface area (Å²) in [5.41, 5.74) is 4.27. The quantitative estimate of drug-likeness (QED) is 0.832. The Morgan fingerprint density at radius 2 is 1.76 bits per heavy atom. The van der Waals surface area contributed by atoms with Gasteiger partial charge in [-0.2, -0.15) is 0 Å². The molecule has 1 N–H and O–H groups in total. The molecule has 138 valence electrons. The van der Waals surface area contributed by atoms with E-state index in [0.717, 1.165) is 42.7 Å². The molecule has 1 aliphatic rings. The molecule has 0 aromatic heterocycles. The van der Waals surface area contributed by atoms with Gasteiger partial charge in [0.15, 0.2) is 0 Å². The first-order valence-corrected chi connectivity index (χ1v) is 9.12. The van der Waals surface area contributed by atoms with Crippen molar-refractivity contribution < 1.29 is 14.3 Å². The van der Waals surface area contributed by atoms with E-state index in [-0.39, 0.29) is 23.8 Å². The molecule has 0 saturated carbocycles. The third-order valence-electron chi connectivity index (χ3n) is 5.00. The number of likely N-dealkylation sites (tertiary alicyclic amines) is 1. The summed E-state index contributed by atoms with van der Waals surface area (Å²) in [6.45, 7) is 11.8. The Morgan fingerprint density at radius 3 is 2.28 bits per heavy atom. The Balaban J connectivity index is 1.94. The van der Waals surface area contributed by atoms with Gasteiger partial charge >= 0.3 is 5.97 Å². The second-order valence-corrected chi connectivity index (χ2v) is 7.00. The molecule has 5 heteroatoms. The lowest BCUT2D eigenvalue weighted by molar-refractivity contribution is -0.149. The maximum absolute atomic E-state index is 12.7. The lowest BCUT2D eigenvalue weighted by atomic mass is 9.96. The van der Waals surface area contributed by atoms with E-state index in [4.69, 9.17) is 4.74 Å². The summed E-state index contributed by atoms with van der Waals surface area (Å²) in [6.07, 6.45) is 1.50. The second kappa shape index (κ2) is 8.48. The van der Waals surface area contributed by atoms with E-state index in [1.807, 2.05) is 27.7 Å². The van der Waals surface area contributed by atoms with Crippen molar-refractivity contribution in [3.8, 4) is 0 Å². The molecule has 1 heterocycles. The van der Waals surface area contributed by atoms with Crippen LogP contribution in [-0.2, 0) is 14.3 Å². The van der Waals surface area contributed by atoms with Gasteiger partial charge in [0, 0.05) is 5.69 Å². The minimum absolute atomic E-state index is 0.00429. The van der Waals surface area contributed by atoms with E-state index in [1.165, 1.54) is 5.56 Å². The van der Waals surface area contributed by atoms with Crippen LogP contribution in [0.3, 0.4) is 0 Å². The molecule has 2 rings (SSSR count). The van der Waals surface area contributed by atoms with Gasteiger partial charge in [-0.3, -0.25) is 14.5 Å². The highest BCUT2D eigenvalue weighted by atomic mass is 16.5. The number of hydrogen-bond acceptors (Lipinski definition) is 4. The minimum Gasteiger partial charge on any atom is -0.466 e. The monoisotopic (exact) mass is 346 g/mol. The Labute approximate surface area is 150 Å². The number of hydrogen-bond donors (Lipinski definition) is 1. The zero-order valence-electron chi connectivity index (χ0n) is 16.0. The van der Waals surface area contributed by atoms with Crippen LogP contribution in [0.15, 0.2) is 12.1 Å². The zero-order chi connectivity index (χ0) is 18.6.